The Kier molecular flexibility index (Phi) is 4.63. The summed E-state index contributed by atoms with van der Waals surface area (Å²) in [5.74, 6) is 0. The Balaban J connectivity index is 1.28. The van der Waals surface area contributed by atoms with Gasteiger partial charge in [0.15, 0.2) is 5.58 Å². The van der Waals surface area contributed by atoms with Crippen LogP contribution in [-0.4, -0.2) is 4.57 Å². The molecule has 3 aromatic heterocycles. The number of rotatable bonds is 2. The third-order valence-electron chi connectivity index (χ3n) is 8.99. The zero-order valence-corrected chi connectivity index (χ0v) is 23.9. The molecule has 200 valence electrons. The highest BCUT2D eigenvalue weighted by atomic mass is 32.1. The fraction of sp³-hybridized carbons (Fsp3) is 0. The number of thiophene rings is 1. The van der Waals surface area contributed by atoms with Gasteiger partial charge in [-0.3, -0.25) is 0 Å². The van der Waals surface area contributed by atoms with Crippen molar-refractivity contribution < 1.29 is 4.42 Å². The molecule has 0 amide bonds. The molecule has 10 rings (SSSR count). The van der Waals surface area contributed by atoms with Gasteiger partial charge >= 0.3 is 0 Å². The third kappa shape index (κ3) is 3.12. The van der Waals surface area contributed by atoms with E-state index in [0.717, 1.165) is 27.8 Å². The van der Waals surface area contributed by atoms with Crippen molar-refractivity contribution in [2.45, 2.75) is 0 Å². The first-order chi connectivity index (χ1) is 21.3. The van der Waals surface area contributed by atoms with Gasteiger partial charge in [0.05, 0.1) is 11.0 Å². The second kappa shape index (κ2) is 8.57. The highest BCUT2D eigenvalue weighted by Crippen LogP contribution is 2.46. The first kappa shape index (κ1) is 23.2. The molecule has 0 unspecified atom stereocenters. The van der Waals surface area contributed by atoms with Gasteiger partial charge in [0.25, 0.3) is 0 Å². The highest BCUT2D eigenvalue weighted by molar-refractivity contribution is 7.26. The van der Waals surface area contributed by atoms with E-state index in [9.17, 15) is 0 Å². The Hall–Kier alpha value is -5.38. The van der Waals surface area contributed by atoms with Crippen LogP contribution < -0.4 is 0 Å². The molecule has 0 bridgehead atoms. The normalized spacial score (nSPS) is 12.2. The average molecular weight is 566 g/mol. The van der Waals surface area contributed by atoms with Crippen LogP contribution in [0.3, 0.4) is 0 Å². The molecule has 0 aliphatic carbocycles. The Morgan fingerprint density at radius 3 is 1.98 bits per heavy atom. The van der Waals surface area contributed by atoms with Gasteiger partial charge in [-0.2, -0.15) is 0 Å². The maximum atomic E-state index is 6.72. The minimum absolute atomic E-state index is 0.915. The quantitative estimate of drug-likeness (QED) is 0.204. The first-order valence-corrected chi connectivity index (χ1v) is 15.4. The molecule has 0 N–H and O–H groups in total. The predicted octanol–water partition coefficient (Wildman–Crippen LogP) is 11.9. The van der Waals surface area contributed by atoms with E-state index < -0.39 is 0 Å². The molecule has 43 heavy (non-hydrogen) atoms. The maximum Gasteiger partial charge on any atom is 0.160 e. The van der Waals surface area contributed by atoms with Crippen molar-refractivity contribution >= 4 is 86.0 Å². The van der Waals surface area contributed by atoms with Crippen LogP contribution in [0.15, 0.2) is 144 Å². The summed E-state index contributed by atoms with van der Waals surface area (Å²) >= 11 is 1.88. The van der Waals surface area contributed by atoms with E-state index >= 15 is 0 Å². The van der Waals surface area contributed by atoms with Crippen molar-refractivity contribution in [1.82, 2.24) is 4.57 Å². The average Bonchev–Trinajstić information content (AvgIpc) is 3.75. The van der Waals surface area contributed by atoms with E-state index in [1.54, 1.807) is 0 Å². The number of para-hydroxylation sites is 2. The van der Waals surface area contributed by atoms with Crippen LogP contribution in [0, 0.1) is 0 Å². The SMILES string of the molecule is c1ccc2c(c1)oc1c2c2ccccc2c2c3ccccc3n(-c3ccc(-c4cccc5c4sc4ccccc45)cc3)c12. The number of furan rings is 1. The zero-order chi connectivity index (χ0) is 28.1. The molecule has 0 fully saturated rings. The van der Waals surface area contributed by atoms with Gasteiger partial charge < -0.3 is 8.98 Å². The topological polar surface area (TPSA) is 18.1 Å². The number of hydrogen-bond acceptors (Lipinski definition) is 2. The summed E-state index contributed by atoms with van der Waals surface area (Å²) in [5.41, 5.74) is 7.76. The van der Waals surface area contributed by atoms with Crippen LogP contribution in [0.4, 0.5) is 0 Å². The van der Waals surface area contributed by atoms with Gasteiger partial charge in [-0.05, 0) is 52.2 Å². The van der Waals surface area contributed by atoms with Gasteiger partial charge in [-0.25, -0.2) is 0 Å². The molecule has 0 saturated heterocycles. The van der Waals surface area contributed by atoms with Crippen LogP contribution in [-0.2, 0) is 0 Å². The Morgan fingerprint density at radius 1 is 0.488 bits per heavy atom. The molecule has 0 saturated carbocycles. The lowest BCUT2D eigenvalue weighted by Gasteiger charge is -2.11. The van der Waals surface area contributed by atoms with E-state index in [2.05, 4.69) is 144 Å². The molecule has 0 aliphatic heterocycles. The second-order valence-corrected chi connectivity index (χ2v) is 12.3. The summed E-state index contributed by atoms with van der Waals surface area (Å²) in [4.78, 5) is 0. The second-order valence-electron chi connectivity index (χ2n) is 11.3. The number of fused-ring (bicyclic) bond motifs is 13. The lowest BCUT2D eigenvalue weighted by Crippen LogP contribution is -1.94. The third-order valence-corrected chi connectivity index (χ3v) is 10.2. The van der Waals surface area contributed by atoms with Crippen molar-refractivity contribution in [3.63, 3.8) is 0 Å². The number of hydrogen-bond donors (Lipinski definition) is 0. The molecule has 3 heteroatoms. The van der Waals surface area contributed by atoms with Crippen LogP contribution >= 0.6 is 11.3 Å². The van der Waals surface area contributed by atoms with E-state index in [1.165, 1.54) is 63.7 Å². The van der Waals surface area contributed by atoms with Crippen molar-refractivity contribution in [1.29, 1.82) is 0 Å². The minimum Gasteiger partial charge on any atom is -0.454 e. The van der Waals surface area contributed by atoms with Crippen molar-refractivity contribution in [3.8, 4) is 16.8 Å². The summed E-state index contributed by atoms with van der Waals surface area (Å²) in [7, 11) is 0. The molecule has 0 radical (unpaired) electrons. The Labute approximate surface area is 250 Å². The minimum atomic E-state index is 0.915. The van der Waals surface area contributed by atoms with Crippen LogP contribution in [0.2, 0.25) is 0 Å². The maximum absolute atomic E-state index is 6.72. The summed E-state index contributed by atoms with van der Waals surface area (Å²) in [6.07, 6.45) is 0. The van der Waals surface area contributed by atoms with Crippen LogP contribution in [0.25, 0.3) is 91.5 Å². The molecule has 2 nitrogen and oxygen atoms in total. The standard InChI is InChI=1S/C40H23NOS/c1-2-12-29-28(11-1)36-31-13-3-6-17-33(31)41(38(36)39-37(29)32-14-4-7-18-34(32)42-39)25-22-20-24(21-23-25)26-15-9-16-30-27-10-5-8-19-35(27)43-40(26)30/h1-23H. The Bertz CT molecular complexity index is 2720. The van der Waals surface area contributed by atoms with Gasteiger partial charge in [0, 0.05) is 47.4 Å². The summed E-state index contributed by atoms with van der Waals surface area (Å²) < 4.78 is 11.8. The number of benzene rings is 7. The molecule has 0 atom stereocenters. The smallest absolute Gasteiger partial charge is 0.160 e. The largest absolute Gasteiger partial charge is 0.454 e. The first-order valence-electron chi connectivity index (χ1n) is 14.6. The monoisotopic (exact) mass is 565 g/mol. The highest BCUT2D eigenvalue weighted by Gasteiger charge is 2.22. The number of aromatic nitrogens is 1. The molecular formula is C40H23NOS. The summed E-state index contributed by atoms with van der Waals surface area (Å²) in [5, 5.41) is 9.92. The fourth-order valence-corrected chi connectivity index (χ4v) is 8.40. The molecule has 0 aliphatic rings. The predicted molar refractivity (Wildman–Crippen MR) is 184 cm³/mol. The van der Waals surface area contributed by atoms with E-state index in [4.69, 9.17) is 4.42 Å². The van der Waals surface area contributed by atoms with Crippen molar-refractivity contribution in [2.75, 3.05) is 0 Å². The lowest BCUT2D eigenvalue weighted by atomic mass is 9.99. The van der Waals surface area contributed by atoms with Gasteiger partial charge in [0.1, 0.15) is 5.58 Å². The Morgan fingerprint density at radius 2 is 1.14 bits per heavy atom. The van der Waals surface area contributed by atoms with Gasteiger partial charge in [-0.1, -0.05) is 109 Å². The van der Waals surface area contributed by atoms with Crippen molar-refractivity contribution in [3.05, 3.63) is 140 Å². The van der Waals surface area contributed by atoms with E-state index in [1.807, 2.05) is 11.3 Å². The molecule has 0 spiro atoms. The molecular weight excluding hydrogens is 543 g/mol. The van der Waals surface area contributed by atoms with E-state index in [0.29, 0.717) is 0 Å². The van der Waals surface area contributed by atoms with Crippen LogP contribution in [0.1, 0.15) is 0 Å². The summed E-state index contributed by atoms with van der Waals surface area (Å²) in [6, 6.07) is 50.3. The van der Waals surface area contributed by atoms with E-state index in [-0.39, 0.29) is 0 Å². The molecule has 7 aromatic carbocycles. The lowest BCUT2D eigenvalue weighted by molar-refractivity contribution is 0.671. The van der Waals surface area contributed by atoms with Crippen molar-refractivity contribution in [2.24, 2.45) is 0 Å². The molecule has 10 aromatic rings. The zero-order valence-electron chi connectivity index (χ0n) is 23.0. The number of nitrogens with zero attached hydrogens (tertiary/aromatic N) is 1. The molecule has 3 heterocycles. The fourth-order valence-electron chi connectivity index (χ4n) is 7.16. The van der Waals surface area contributed by atoms with Gasteiger partial charge in [-0.15, -0.1) is 11.3 Å². The van der Waals surface area contributed by atoms with Crippen LogP contribution in [0.5, 0.6) is 0 Å². The van der Waals surface area contributed by atoms with Gasteiger partial charge in [0.2, 0.25) is 0 Å². The summed E-state index contributed by atoms with van der Waals surface area (Å²) in [6.45, 7) is 0.